The summed E-state index contributed by atoms with van der Waals surface area (Å²) in [6.07, 6.45) is 5.53. The molecule has 0 radical (unpaired) electrons. The fraction of sp³-hybridized carbons (Fsp3) is 0.417. The molecule has 0 aromatic carbocycles. The predicted octanol–water partition coefficient (Wildman–Crippen LogP) is 1.86. The molecule has 1 aromatic rings. The molecule has 0 aliphatic rings. The highest BCUT2D eigenvalue weighted by molar-refractivity contribution is 5.47. The van der Waals surface area contributed by atoms with E-state index in [2.05, 4.69) is 38.4 Å². The molecule has 0 N–H and O–H groups in total. The molecular weight excluding hydrogens is 174 g/mol. The van der Waals surface area contributed by atoms with Crippen LogP contribution in [0.4, 0.5) is 0 Å². The highest BCUT2D eigenvalue weighted by Crippen LogP contribution is 2.25. The summed E-state index contributed by atoms with van der Waals surface area (Å²) in [6, 6.07) is 0. The van der Waals surface area contributed by atoms with Crippen molar-refractivity contribution in [2.45, 2.75) is 27.7 Å². The van der Waals surface area contributed by atoms with Crippen LogP contribution < -0.4 is 10.8 Å². The van der Waals surface area contributed by atoms with Gasteiger partial charge in [0, 0.05) is 0 Å². The summed E-state index contributed by atoms with van der Waals surface area (Å²) in [6.45, 7) is 12.3. The van der Waals surface area contributed by atoms with Gasteiger partial charge in [-0.15, -0.1) is 0 Å². The van der Waals surface area contributed by atoms with Crippen LogP contribution in [0.2, 0.25) is 0 Å². The topological polar surface area (TPSA) is 26.0 Å². The monoisotopic (exact) mass is 191 g/mol. The van der Waals surface area contributed by atoms with Gasteiger partial charge in [-0.1, -0.05) is 33.4 Å². The Morgan fingerprint density at radius 2 is 2.14 bits per heavy atom. The van der Waals surface area contributed by atoms with E-state index in [9.17, 15) is 0 Å². The average Bonchev–Trinajstić information content (AvgIpc) is 2.45. The molecule has 2 heteroatoms. The molecule has 0 spiro atoms. The minimum Gasteiger partial charge on any atom is -0.444 e. The van der Waals surface area contributed by atoms with Gasteiger partial charge in [-0.25, -0.2) is 4.98 Å². The van der Waals surface area contributed by atoms with Crippen LogP contribution in [0.15, 0.2) is 22.5 Å². The lowest BCUT2D eigenvalue weighted by atomic mass is 9.86. The van der Waals surface area contributed by atoms with Gasteiger partial charge in [-0.05, 0) is 24.0 Å². The number of oxazole rings is 1. The van der Waals surface area contributed by atoms with E-state index in [1.54, 1.807) is 0 Å². The molecule has 0 fully saturated rings. The molecule has 0 bridgehead atoms. The molecular formula is C12H17NO. The Morgan fingerprint density at radius 1 is 1.50 bits per heavy atom. The maximum Gasteiger partial charge on any atom is 0.181 e. The number of hydrogen-bond acceptors (Lipinski definition) is 2. The van der Waals surface area contributed by atoms with E-state index in [1.807, 2.05) is 13.0 Å². The number of aromatic nitrogens is 1. The first-order valence-electron chi connectivity index (χ1n) is 4.72. The molecule has 0 saturated heterocycles. The van der Waals surface area contributed by atoms with E-state index >= 15 is 0 Å². The highest BCUT2D eigenvalue weighted by atomic mass is 16.3. The normalized spacial score (nSPS) is 14.9. The molecule has 0 unspecified atom stereocenters. The molecule has 1 heterocycles. The summed E-state index contributed by atoms with van der Waals surface area (Å²) in [5.41, 5.74) is 1.98. The van der Waals surface area contributed by atoms with Gasteiger partial charge in [-0.2, -0.15) is 0 Å². The molecule has 0 amide bonds. The SMILES string of the molecule is C=c1ocn/c1=C/C(=C\C)C(C)(C)C. The Balaban J connectivity index is 3.22. The molecule has 2 nitrogen and oxygen atoms in total. The summed E-state index contributed by atoms with van der Waals surface area (Å²) >= 11 is 0. The summed E-state index contributed by atoms with van der Waals surface area (Å²) < 4.78 is 5.04. The molecule has 0 atom stereocenters. The van der Waals surface area contributed by atoms with E-state index in [-0.39, 0.29) is 5.41 Å². The molecule has 1 aromatic heterocycles. The first-order valence-corrected chi connectivity index (χ1v) is 4.72. The van der Waals surface area contributed by atoms with Crippen LogP contribution in [0.5, 0.6) is 0 Å². The van der Waals surface area contributed by atoms with Gasteiger partial charge in [0.15, 0.2) is 6.39 Å². The van der Waals surface area contributed by atoms with Crippen LogP contribution in [0.3, 0.4) is 0 Å². The minimum absolute atomic E-state index is 0.125. The third-order valence-electron chi connectivity index (χ3n) is 2.14. The largest absolute Gasteiger partial charge is 0.444 e. The molecule has 76 valence electrons. The van der Waals surface area contributed by atoms with Crippen molar-refractivity contribution in [1.82, 2.24) is 4.98 Å². The zero-order valence-corrected chi connectivity index (χ0v) is 9.29. The lowest BCUT2D eigenvalue weighted by Crippen LogP contribution is -2.22. The zero-order valence-electron chi connectivity index (χ0n) is 9.29. The van der Waals surface area contributed by atoms with Crippen molar-refractivity contribution in [2.75, 3.05) is 0 Å². The van der Waals surface area contributed by atoms with Gasteiger partial charge in [0.05, 0.1) is 0 Å². The third kappa shape index (κ3) is 2.34. The van der Waals surface area contributed by atoms with Crippen molar-refractivity contribution in [3.05, 3.63) is 28.8 Å². The first-order chi connectivity index (χ1) is 6.45. The molecule has 1 rings (SSSR count). The Morgan fingerprint density at radius 3 is 2.50 bits per heavy atom. The van der Waals surface area contributed by atoms with E-state index in [0.717, 1.165) is 5.35 Å². The fourth-order valence-electron chi connectivity index (χ4n) is 1.28. The smallest absolute Gasteiger partial charge is 0.181 e. The second-order valence-electron chi connectivity index (χ2n) is 4.30. The second kappa shape index (κ2) is 3.82. The van der Waals surface area contributed by atoms with Crippen molar-refractivity contribution < 1.29 is 4.42 Å². The molecule has 0 aliphatic carbocycles. The van der Waals surface area contributed by atoms with Crippen molar-refractivity contribution in [3.63, 3.8) is 0 Å². The third-order valence-corrected chi connectivity index (χ3v) is 2.14. The van der Waals surface area contributed by atoms with Crippen molar-refractivity contribution in [3.8, 4) is 0 Å². The van der Waals surface area contributed by atoms with Crippen LogP contribution >= 0.6 is 0 Å². The van der Waals surface area contributed by atoms with Crippen LogP contribution in [0.1, 0.15) is 27.7 Å². The number of rotatable bonds is 1. The Labute approximate surface area is 84.7 Å². The Kier molecular flexibility index (Phi) is 2.94. The number of nitrogens with zero attached hydrogens (tertiary/aromatic N) is 1. The fourth-order valence-corrected chi connectivity index (χ4v) is 1.28. The number of allylic oxidation sites excluding steroid dienone is 2. The molecule has 0 saturated carbocycles. The lowest BCUT2D eigenvalue weighted by molar-refractivity contribution is 0.520. The van der Waals surface area contributed by atoms with Gasteiger partial charge < -0.3 is 4.42 Å². The summed E-state index contributed by atoms with van der Waals surface area (Å²) in [4.78, 5) is 4.09. The first kappa shape index (κ1) is 10.8. The van der Waals surface area contributed by atoms with E-state index in [1.165, 1.54) is 12.0 Å². The van der Waals surface area contributed by atoms with E-state index in [4.69, 9.17) is 4.42 Å². The molecule has 0 aliphatic heterocycles. The molecule has 14 heavy (non-hydrogen) atoms. The van der Waals surface area contributed by atoms with Crippen LogP contribution in [-0.2, 0) is 0 Å². The van der Waals surface area contributed by atoms with Gasteiger partial charge in [-0.3, -0.25) is 0 Å². The average molecular weight is 191 g/mol. The van der Waals surface area contributed by atoms with Gasteiger partial charge >= 0.3 is 0 Å². The quantitative estimate of drug-likeness (QED) is 0.677. The predicted molar refractivity (Wildman–Crippen MR) is 59.0 cm³/mol. The van der Waals surface area contributed by atoms with Gasteiger partial charge in [0.2, 0.25) is 0 Å². The standard InChI is InChI=1S/C12H17NO/c1-6-10(12(3,4)5)7-11-9(2)14-8-13-11/h6-8H,2H2,1,3-5H3/b10-6+,11-7+. The second-order valence-corrected chi connectivity index (χ2v) is 4.30. The lowest BCUT2D eigenvalue weighted by Gasteiger charge is -2.19. The van der Waals surface area contributed by atoms with Crippen LogP contribution in [0, 0.1) is 5.41 Å². The summed E-state index contributed by atoms with van der Waals surface area (Å²) in [5.74, 6) is 0. The van der Waals surface area contributed by atoms with Crippen molar-refractivity contribution in [1.29, 1.82) is 0 Å². The summed E-state index contributed by atoms with van der Waals surface area (Å²) in [5, 5.41) is 0.813. The van der Waals surface area contributed by atoms with Crippen LogP contribution in [0.25, 0.3) is 12.7 Å². The maximum atomic E-state index is 5.04. The minimum atomic E-state index is 0.125. The Bertz CT molecular complexity index is 432. The van der Waals surface area contributed by atoms with Gasteiger partial charge in [0.25, 0.3) is 0 Å². The van der Waals surface area contributed by atoms with E-state index in [0.29, 0.717) is 5.42 Å². The number of hydrogen-bond donors (Lipinski definition) is 0. The van der Waals surface area contributed by atoms with Crippen molar-refractivity contribution >= 4 is 12.7 Å². The maximum absolute atomic E-state index is 5.04. The Hall–Kier alpha value is -1.31. The zero-order chi connectivity index (χ0) is 10.8. The van der Waals surface area contributed by atoms with E-state index < -0.39 is 0 Å². The van der Waals surface area contributed by atoms with Crippen molar-refractivity contribution in [2.24, 2.45) is 5.41 Å². The van der Waals surface area contributed by atoms with Crippen LogP contribution in [-0.4, -0.2) is 4.98 Å². The summed E-state index contributed by atoms with van der Waals surface area (Å²) in [7, 11) is 0. The highest BCUT2D eigenvalue weighted by Gasteiger charge is 2.13. The van der Waals surface area contributed by atoms with Gasteiger partial charge in [0.1, 0.15) is 10.8 Å².